The van der Waals surface area contributed by atoms with Gasteiger partial charge in [-0.05, 0) is 31.0 Å². The molecule has 0 aliphatic rings. The molecule has 1 heterocycles. The Balaban J connectivity index is 1.98. The number of carbonyl (C=O) groups is 5. The molecule has 1 aromatic carbocycles. The zero-order valence-corrected chi connectivity index (χ0v) is 19.3. The summed E-state index contributed by atoms with van der Waals surface area (Å²) in [4.78, 5) is 66.8. The smallest absolute Gasteiger partial charge is 0.326 e. The number of carbonyl (C=O) groups excluding carboxylic acids is 3. The van der Waals surface area contributed by atoms with Gasteiger partial charge < -0.3 is 42.0 Å². The van der Waals surface area contributed by atoms with E-state index in [0.717, 1.165) is 0 Å². The van der Waals surface area contributed by atoms with E-state index >= 15 is 0 Å². The van der Waals surface area contributed by atoms with Gasteiger partial charge >= 0.3 is 11.9 Å². The number of benzene rings is 1. The molecule has 194 valence electrons. The fraction of sp³-hybridized carbons (Fsp3) is 0.364. The average molecular weight is 505 g/mol. The first kappa shape index (κ1) is 27.8. The summed E-state index contributed by atoms with van der Waals surface area (Å²) in [5.41, 5.74) is 6.97. The van der Waals surface area contributed by atoms with Gasteiger partial charge in [0.1, 0.15) is 23.9 Å². The lowest BCUT2D eigenvalue weighted by atomic mass is 10.0. The van der Waals surface area contributed by atoms with Gasteiger partial charge in [0.05, 0.1) is 18.8 Å². The summed E-state index contributed by atoms with van der Waals surface area (Å²) < 4.78 is 0. The SMILES string of the molecule is CC(NC(=O)C(CC(=O)O)NC(=O)C(N)Cc1ccc(O)cc1)C(=O)NC(Cc1cnc[nH]1)C(=O)O. The van der Waals surface area contributed by atoms with E-state index in [-0.39, 0.29) is 18.6 Å². The highest BCUT2D eigenvalue weighted by Crippen LogP contribution is 2.11. The molecule has 14 heteroatoms. The van der Waals surface area contributed by atoms with E-state index in [4.69, 9.17) is 10.8 Å². The number of aromatic nitrogens is 2. The quantitative estimate of drug-likeness (QED) is 0.153. The minimum absolute atomic E-state index is 0.0316. The van der Waals surface area contributed by atoms with Gasteiger partial charge in [0.15, 0.2) is 0 Å². The van der Waals surface area contributed by atoms with Crippen LogP contribution in [0.5, 0.6) is 5.75 Å². The number of nitrogens with zero attached hydrogens (tertiary/aromatic N) is 1. The van der Waals surface area contributed by atoms with Crippen LogP contribution in [0.1, 0.15) is 24.6 Å². The first-order valence-corrected chi connectivity index (χ1v) is 10.8. The number of rotatable bonds is 13. The highest BCUT2D eigenvalue weighted by molar-refractivity contribution is 5.95. The Morgan fingerprint density at radius 3 is 2.14 bits per heavy atom. The second-order valence-corrected chi connectivity index (χ2v) is 8.05. The predicted octanol–water partition coefficient (Wildman–Crippen LogP) is -1.74. The average Bonchev–Trinajstić information content (AvgIpc) is 3.32. The molecule has 0 fully saturated rings. The van der Waals surface area contributed by atoms with Gasteiger partial charge in [-0.1, -0.05) is 12.1 Å². The second kappa shape index (κ2) is 12.9. The van der Waals surface area contributed by atoms with Gasteiger partial charge in [0.25, 0.3) is 0 Å². The zero-order valence-electron chi connectivity index (χ0n) is 19.3. The highest BCUT2D eigenvalue weighted by atomic mass is 16.4. The maximum Gasteiger partial charge on any atom is 0.326 e. The maximum atomic E-state index is 12.7. The van der Waals surface area contributed by atoms with Gasteiger partial charge in [-0.2, -0.15) is 0 Å². The third kappa shape index (κ3) is 8.72. The lowest BCUT2D eigenvalue weighted by Gasteiger charge is -2.22. The Morgan fingerprint density at radius 1 is 0.944 bits per heavy atom. The number of phenols is 1. The molecule has 0 bridgehead atoms. The molecule has 4 atom stereocenters. The number of phenolic OH excluding ortho intramolecular Hbond substituents is 1. The van der Waals surface area contributed by atoms with E-state index in [1.54, 1.807) is 12.1 Å². The van der Waals surface area contributed by atoms with Crippen LogP contribution < -0.4 is 21.7 Å². The summed E-state index contributed by atoms with van der Waals surface area (Å²) in [6.07, 6.45) is 1.94. The number of imidazole rings is 1. The van der Waals surface area contributed by atoms with E-state index in [0.29, 0.717) is 11.3 Å². The summed E-state index contributed by atoms with van der Waals surface area (Å²) in [6, 6.07) is 0.704. The Labute approximate surface area is 205 Å². The first-order chi connectivity index (χ1) is 17.0. The van der Waals surface area contributed by atoms with E-state index in [2.05, 4.69) is 25.9 Å². The monoisotopic (exact) mass is 504 g/mol. The number of hydrogen-bond acceptors (Lipinski definition) is 8. The van der Waals surface area contributed by atoms with Crippen molar-refractivity contribution in [2.24, 2.45) is 5.73 Å². The first-order valence-electron chi connectivity index (χ1n) is 10.8. The van der Waals surface area contributed by atoms with E-state index in [1.165, 1.54) is 31.6 Å². The summed E-state index contributed by atoms with van der Waals surface area (Å²) in [7, 11) is 0. The van der Waals surface area contributed by atoms with Crippen LogP contribution >= 0.6 is 0 Å². The molecule has 0 spiro atoms. The second-order valence-electron chi connectivity index (χ2n) is 8.05. The third-order valence-corrected chi connectivity index (χ3v) is 5.09. The van der Waals surface area contributed by atoms with Crippen LogP contribution in [0.2, 0.25) is 0 Å². The standard InChI is InChI=1S/C22H28N6O8/c1-11(19(32)28-17(22(35)36)7-13-9-24-10-25-13)26-21(34)16(8-18(30)31)27-20(33)15(23)6-12-2-4-14(29)5-3-12/h2-5,9-11,15-17,29H,6-8,23H2,1H3,(H,24,25)(H,26,34)(H,27,33)(H,28,32)(H,30,31)(H,35,36). The molecule has 0 saturated heterocycles. The molecule has 2 rings (SSSR count). The fourth-order valence-electron chi connectivity index (χ4n) is 3.13. The van der Waals surface area contributed by atoms with E-state index < -0.39 is 60.2 Å². The Hall–Kier alpha value is -4.46. The van der Waals surface area contributed by atoms with Crippen molar-refractivity contribution in [1.29, 1.82) is 0 Å². The summed E-state index contributed by atoms with van der Waals surface area (Å²) in [6.45, 7) is 1.28. The molecule has 4 unspecified atom stereocenters. The number of carboxylic acids is 2. The van der Waals surface area contributed by atoms with Crippen LogP contribution in [-0.4, -0.2) is 79.1 Å². The Morgan fingerprint density at radius 2 is 1.58 bits per heavy atom. The van der Waals surface area contributed by atoms with E-state index in [9.17, 15) is 34.2 Å². The van der Waals surface area contributed by atoms with Gasteiger partial charge in [-0.25, -0.2) is 9.78 Å². The van der Waals surface area contributed by atoms with Crippen LogP contribution in [0.25, 0.3) is 0 Å². The number of nitrogens with one attached hydrogen (secondary N) is 4. The number of aliphatic carboxylic acids is 2. The van der Waals surface area contributed by atoms with Crippen LogP contribution in [-0.2, 0) is 36.8 Å². The number of nitrogens with two attached hydrogens (primary N) is 1. The molecule has 1 aromatic heterocycles. The maximum absolute atomic E-state index is 12.7. The molecule has 2 aromatic rings. The molecule has 14 nitrogen and oxygen atoms in total. The van der Waals surface area contributed by atoms with Crippen LogP contribution in [0.15, 0.2) is 36.8 Å². The molecular weight excluding hydrogens is 476 g/mol. The van der Waals surface area contributed by atoms with Gasteiger partial charge in [-0.3, -0.25) is 19.2 Å². The van der Waals surface area contributed by atoms with Crippen molar-refractivity contribution in [1.82, 2.24) is 25.9 Å². The number of aromatic hydroxyl groups is 1. The number of carboxylic acid groups (broad SMARTS) is 2. The zero-order chi connectivity index (χ0) is 26.8. The lowest BCUT2D eigenvalue weighted by molar-refractivity contribution is -0.143. The number of amides is 3. The highest BCUT2D eigenvalue weighted by Gasteiger charge is 2.30. The molecule has 3 amide bonds. The van der Waals surface area contributed by atoms with Crippen molar-refractivity contribution in [3.8, 4) is 5.75 Å². The van der Waals surface area contributed by atoms with E-state index in [1.807, 2.05) is 0 Å². The van der Waals surface area contributed by atoms with Crippen LogP contribution in [0, 0.1) is 0 Å². The normalized spacial score (nSPS) is 14.1. The summed E-state index contributed by atoms with van der Waals surface area (Å²) in [5.74, 6) is -5.26. The summed E-state index contributed by atoms with van der Waals surface area (Å²) in [5, 5.41) is 34.7. The molecule has 0 aliphatic carbocycles. The molecule has 9 N–H and O–H groups in total. The minimum Gasteiger partial charge on any atom is -0.508 e. The lowest BCUT2D eigenvalue weighted by Crippen LogP contribution is -2.57. The molecular formula is C22H28N6O8. The summed E-state index contributed by atoms with van der Waals surface area (Å²) >= 11 is 0. The van der Waals surface area contributed by atoms with Crippen LogP contribution in [0.3, 0.4) is 0 Å². The predicted molar refractivity (Wildman–Crippen MR) is 123 cm³/mol. The van der Waals surface area contributed by atoms with Crippen molar-refractivity contribution in [3.05, 3.63) is 48.0 Å². The number of aromatic amines is 1. The van der Waals surface area contributed by atoms with Crippen molar-refractivity contribution < 1.29 is 39.3 Å². The molecule has 0 saturated carbocycles. The fourth-order valence-corrected chi connectivity index (χ4v) is 3.13. The van der Waals surface area contributed by atoms with Crippen LogP contribution in [0.4, 0.5) is 0 Å². The van der Waals surface area contributed by atoms with Crippen molar-refractivity contribution in [2.45, 2.75) is 50.4 Å². The molecule has 0 aliphatic heterocycles. The van der Waals surface area contributed by atoms with Gasteiger partial charge in [0, 0.05) is 18.3 Å². The Bertz CT molecular complexity index is 1070. The molecule has 0 radical (unpaired) electrons. The Kier molecular flexibility index (Phi) is 9.92. The van der Waals surface area contributed by atoms with Crippen molar-refractivity contribution in [2.75, 3.05) is 0 Å². The van der Waals surface area contributed by atoms with Gasteiger partial charge in [-0.15, -0.1) is 0 Å². The molecule has 36 heavy (non-hydrogen) atoms. The minimum atomic E-state index is -1.55. The topological polar surface area (TPSA) is 237 Å². The third-order valence-electron chi connectivity index (χ3n) is 5.09. The van der Waals surface area contributed by atoms with Crippen molar-refractivity contribution >= 4 is 29.7 Å². The largest absolute Gasteiger partial charge is 0.508 e. The van der Waals surface area contributed by atoms with Crippen molar-refractivity contribution in [3.63, 3.8) is 0 Å². The number of hydrogen-bond donors (Lipinski definition) is 8. The van der Waals surface area contributed by atoms with Gasteiger partial charge in [0.2, 0.25) is 17.7 Å². The number of H-pyrrole nitrogens is 1.